The zero-order valence-electron chi connectivity index (χ0n) is 14.4. The average molecular weight is 364 g/mol. The number of thiol groups is 1. The zero-order chi connectivity index (χ0) is 18.9. The summed E-state index contributed by atoms with van der Waals surface area (Å²) in [4.78, 5) is 37.0. The van der Waals surface area contributed by atoms with Gasteiger partial charge in [0.1, 0.15) is 6.10 Å². The van der Waals surface area contributed by atoms with Crippen molar-refractivity contribution in [2.45, 2.75) is 45.8 Å². The minimum atomic E-state index is -1.61. The summed E-state index contributed by atoms with van der Waals surface area (Å²) in [6, 6.07) is 0. The number of carbonyl (C=O) groups excluding carboxylic acids is 3. The number of amides is 3. The van der Waals surface area contributed by atoms with Gasteiger partial charge in [-0.05, 0) is 6.92 Å². The maximum atomic E-state index is 12.4. The van der Waals surface area contributed by atoms with Crippen molar-refractivity contribution in [3.8, 4) is 0 Å². The fourth-order valence-corrected chi connectivity index (χ4v) is 1.90. The molecule has 8 nitrogen and oxygen atoms in total. The van der Waals surface area contributed by atoms with E-state index in [0.717, 1.165) is 4.90 Å². The lowest BCUT2D eigenvalue weighted by Gasteiger charge is -2.31. The molecule has 0 fully saturated rings. The van der Waals surface area contributed by atoms with Gasteiger partial charge in [0.15, 0.2) is 0 Å². The van der Waals surface area contributed by atoms with Crippen LogP contribution >= 0.6 is 12.6 Å². The van der Waals surface area contributed by atoms with Crippen LogP contribution in [0.2, 0.25) is 0 Å². The predicted molar refractivity (Wildman–Crippen MR) is 91.4 cm³/mol. The molecule has 0 saturated carbocycles. The van der Waals surface area contributed by atoms with Crippen LogP contribution in [-0.2, 0) is 14.4 Å². The van der Waals surface area contributed by atoms with Crippen LogP contribution in [0, 0.1) is 5.41 Å². The Hall–Kier alpha value is -1.16. The monoisotopic (exact) mass is 364 g/mol. The topological polar surface area (TPSA) is 127 Å². The Morgan fingerprint density at radius 3 is 2.29 bits per heavy atom. The normalized spacial score (nSPS) is 14.0. The van der Waals surface area contributed by atoms with Gasteiger partial charge in [0.25, 0.3) is 5.91 Å². The Morgan fingerprint density at radius 2 is 1.83 bits per heavy atom. The molecule has 0 heterocycles. The summed E-state index contributed by atoms with van der Waals surface area (Å²) in [5.41, 5.74) is -1.14. The quantitative estimate of drug-likeness (QED) is 0.314. The standard InChI is InChI=1S/C15H28N2O6S/c1-10(19)8-12(21)17(6-4-11(20)16-5-7-24)14(23)13(22)15(2,3)9-18/h10,13,18-19,22,24H,4-9H2,1-3H3,(H,16,20)/t10?,13-/m0/s1. The number of hydrogen-bond donors (Lipinski definition) is 5. The highest BCUT2D eigenvalue weighted by Crippen LogP contribution is 2.22. The number of imide groups is 1. The number of nitrogens with one attached hydrogen (secondary N) is 1. The van der Waals surface area contributed by atoms with E-state index in [1.165, 1.54) is 20.8 Å². The van der Waals surface area contributed by atoms with Crippen molar-refractivity contribution in [1.29, 1.82) is 0 Å². The molecule has 0 aliphatic carbocycles. The lowest BCUT2D eigenvalue weighted by atomic mass is 9.86. The zero-order valence-corrected chi connectivity index (χ0v) is 15.3. The fourth-order valence-electron chi connectivity index (χ4n) is 1.79. The van der Waals surface area contributed by atoms with Gasteiger partial charge in [-0.1, -0.05) is 13.8 Å². The summed E-state index contributed by atoms with van der Waals surface area (Å²) in [5, 5.41) is 31.3. The van der Waals surface area contributed by atoms with Crippen molar-refractivity contribution in [3.05, 3.63) is 0 Å². The summed E-state index contributed by atoms with van der Waals surface area (Å²) in [7, 11) is 0. The van der Waals surface area contributed by atoms with Crippen molar-refractivity contribution in [2.24, 2.45) is 5.41 Å². The van der Waals surface area contributed by atoms with Crippen LogP contribution in [0.1, 0.15) is 33.6 Å². The Kier molecular flexibility index (Phi) is 10.1. The molecule has 0 radical (unpaired) electrons. The molecule has 0 rings (SSSR count). The van der Waals surface area contributed by atoms with Crippen molar-refractivity contribution in [2.75, 3.05) is 25.4 Å². The van der Waals surface area contributed by atoms with Gasteiger partial charge in [-0.2, -0.15) is 12.6 Å². The van der Waals surface area contributed by atoms with Gasteiger partial charge < -0.3 is 20.6 Å². The third kappa shape index (κ3) is 7.61. The van der Waals surface area contributed by atoms with Crippen LogP contribution in [0.5, 0.6) is 0 Å². The van der Waals surface area contributed by atoms with Crippen LogP contribution < -0.4 is 5.32 Å². The first-order valence-electron chi connectivity index (χ1n) is 7.75. The highest BCUT2D eigenvalue weighted by Gasteiger charge is 2.38. The maximum Gasteiger partial charge on any atom is 0.258 e. The Morgan fingerprint density at radius 1 is 1.25 bits per heavy atom. The van der Waals surface area contributed by atoms with E-state index in [2.05, 4.69) is 17.9 Å². The molecule has 24 heavy (non-hydrogen) atoms. The van der Waals surface area contributed by atoms with Crippen LogP contribution in [0.4, 0.5) is 0 Å². The Bertz CT molecular complexity index is 442. The van der Waals surface area contributed by atoms with Gasteiger partial charge in [0, 0.05) is 30.7 Å². The van der Waals surface area contributed by atoms with Crippen LogP contribution in [0.25, 0.3) is 0 Å². The highest BCUT2D eigenvalue weighted by atomic mass is 32.1. The molecule has 0 saturated heterocycles. The predicted octanol–water partition coefficient (Wildman–Crippen LogP) is -1.07. The molecule has 0 aromatic carbocycles. The molecule has 140 valence electrons. The van der Waals surface area contributed by atoms with E-state index in [1.54, 1.807) is 0 Å². The van der Waals surface area contributed by atoms with Gasteiger partial charge in [0.2, 0.25) is 11.8 Å². The lowest BCUT2D eigenvalue weighted by Crippen LogP contribution is -2.51. The second-order valence-corrected chi connectivity index (χ2v) is 6.76. The third-order valence-corrected chi connectivity index (χ3v) is 3.64. The van der Waals surface area contributed by atoms with E-state index in [9.17, 15) is 29.7 Å². The molecule has 0 aromatic heterocycles. The first-order valence-corrected chi connectivity index (χ1v) is 8.38. The highest BCUT2D eigenvalue weighted by molar-refractivity contribution is 7.80. The lowest BCUT2D eigenvalue weighted by molar-refractivity contribution is -0.157. The summed E-state index contributed by atoms with van der Waals surface area (Å²) in [6.07, 6.45) is -3.01. The van der Waals surface area contributed by atoms with Crippen molar-refractivity contribution < 1.29 is 29.7 Å². The van der Waals surface area contributed by atoms with E-state index in [0.29, 0.717) is 12.3 Å². The Balaban J connectivity index is 5.08. The molecule has 3 amide bonds. The molecule has 0 aliphatic rings. The molecule has 0 bridgehead atoms. The van der Waals surface area contributed by atoms with E-state index in [4.69, 9.17) is 0 Å². The van der Waals surface area contributed by atoms with Crippen LogP contribution in [0.15, 0.2) is 0 Å². The molecule has 0 aromatic rings. The molecule has 0 spiro atoms. The minimum absolute atomic E-state index is 0.128. The number of aliphatic hydroxyl groups is 3. The first kappa shape index (κ1) is 22.8. The first-order chi connectivity index (χ1) is 11.1. The number of carbonyl (C=O) groups is 3. The molecule has 1 unspecified atom stereocenters. The van der Waals surface area contributed by atoms with Gasteiger partial charge in [-0.25, -0.2) is 0 Å². The van der Waals surface area contributed by atoms with Crippen molar-refractivity contribution >= 4 is 30.4 Å². The van der Waals surface area contributed by atoms with Crippen molar-refractivity contribution in [1.82, 2.24) is 10.2 Å². The largest absolute Gasteiger partial charge is 0.396 e. The maximum absolute atomic E-state index is 12.4. The second-order valence-electron chi connectivity index (χ2n) is 6.31. The molecule has 9 heteroatoms. The Labute approximate surface area is 147 Å². The van der Waals surface area contributed by atoms with Gasteiger partial charge in [-0.3, -0.25) is 19.3 Å². The van der Waals surface area contributed by atoms with Crippen LogP contribution in [0.3, 0.4) is 0 Å². The smallest absolute Gasteiger partial charge is 0.258 e. The van der Waals surface area contributed by atoms with Gasteiger partial charge in [-0.15, -0.1) is 0 Å². The van der Waals surface area contributed by atoms with E-state index >= 15 is 0 Å². The van der Waals surface area contributed by atoms with Gasteiger partial charge in [0.05, 0.1) is 19.1 Å². The van der Waals surface area contributed by atoms with Gasteiger partial charge >= 0.3 is 0 Å². The minimum Gasteiger partial charge on any atom is -0.396 e. The van der Waals surface area contributed by atoms with E-state index < -0.39 is 36.0 Å². The molecular formula is C15H28N2O6S. The van der Waals surface area contributed by atoms with E-state index in [1.807, 2.05) is 0 Å². The number of nitrogens with zero attached hydrogens (tertiary/aromatic N) is 1. The summed E-state index contributed by atoms with van der Waals surface area (Å²) < 4.78 is 0. The number of rotatable bonds is 10. The summed E-state index contributed by atoms with van der Waals surface area (Å²) in [6.45, 7) is 4.03. The molecule has 4 N–H and O–H groups in total. The molecule has 2 atom stereocenters. The number of hydrogen-bond acceptors (Lipinski definition) is 7. The third-order valence-electron chi connectivity index (χ3n) is 3.42. The number of aliphatic hydroxyl groups excluding tert-OH is 3. The average Bonchev–Trinajstić information content (AvgIpc) is 2.51. The second kappa shape index (κ2) is 10.7. The fraction of sp³-hybridized carbons (Fsp3) is 0.800. The molecule has 0 aliphatic heterocycles. The molecular weight excluding hydrogens is 336 g/mol. The summed E-state index contributed by atoms with van der Waals surface area (Å²) >= 11 is 3.96. The SMILES string of the molecule is CC(O)CC(=O)N(CCC(=O)NCCS)C(=O)[C@H](O)C(C)(C)CO. The van der Waals surface area contributed by atoms with Crippen LogP contribution in [-0.4, -0.2) is 75.6 Å². The summed E-state index contributed by atoms with van der Waals surface area (Å²) in [5.74, 6) is -1.49. The van der Waals surface area contributed by atoms with E-state index in [-0.39, 0.29) is 25.3 Å². The van der Waals surface area contributed by atoms with Crippen molar-refractivity contribution in [3.63, 3.8) is 0 Å².